The van der Waals surface area contributed by atoms with Crippen molar-refractivity contribution in [1.29, 1.82) is 0 Å². The Morgan fingerprint density at radius 3 is 2.80 bits per heavy atom. The Bertz CT molecular complexity index is 1370. The fourth-order valence-electron chi connectivity index (χ4n) is 5.10. The van der Waals surface area contributed by atoms with Crippen LogP contribution in [0.3, 0.4) is 0 Å². The maximum absolute atomic E-state index is 12.9. The molecule has 0 radical (unpaired) electrons. The average Bonchev–Trinajstić information content (AvgIpc) is 3.43. The van der Waals surface area contributed by atoms with Gasteiger partial charge in [-0.25, -0.2) is 18.4 Å². The Hall–Kier alpha value is -2.98. The lowest BCUT2D eigenvalue weighted by atomic mass is 9.94. The van der Waals surface area contributed by atoms with Crippen LogP contribution in [-0.2, 0) is 16.3 Å². The smallest absolute Gasteiger partial charge is 0.268 e. The van der Waals surface area contributed by atoms with E-state index in [4.69, 9.17) is 0 Å². The molecule has 2 aliphatic heterocycles. The molecule has 2 aliphatic rings. The Kier molecular flexibility index (Phi) is 6.27. The summed E-state index contributed by atoms with van der Waals surface area (Å²) in [6.07, 6.45) is 3.85. The van der Waals surface area contributed by atoms with E-state index < -0.39 is 9.84 Å². The lowest BCUT2D eigenvalue weighted by Crippen LogP contribution is -2.36. The van der Waals surface area contributed by atoms with Crippen LogP contribution in [0, 0.1) is 5.92 Å². The van der Waals surface area contributed by atoms with Crippen molar-refractivity contribution in [3.63, 3.8) is 0 Å². The summed E-state index contributed by atoms with van der Waals surface area (Å²) >= 11 is 0. The predicted molar refractivity (Wildman–Crippen MR) is 135 cm³/mol. The van der Waals surface area contributed by atoms with Crippen LogP contribution in [0.1, 0.15) is 54.3 Å². The SMILES string of the molecule is CC(C)[C@H](Nc1ncnc2[nH]c(C(=O)N[C@H]3CCN(C)C3)cc12)c1ccc2c(c1)S(=O)(=O)CCC2. The number of hydrogen-bond donors (Lipinski definition) is 3. The van der Waals surface area contributed by atoms with Crippen LogP contribution >= 0.6 is 0 Å². The number of fused-ring (bicyclic) bond motifs is 2. The molecular formula is C25H32N6O3S. The monoisotopic (exact) mass is 496 g/mol. The highest BCUT2D eigenvalue weighted by Gasteiger charge is 2.27. The number of anilines is 1. The van der Waals surface area contributed by atoms with Crippen LogP contribution in [-0.4, -0.2) is 66.1 Å². The van der Waals surface area contributed by atoms with Gasteiger partial charge in [-0.05, 0) is 62.0 Å². The molecule has 9 nitrogen and oxygen atoms in total. The largest absolute Gasteiger partial charge is 0.362 e. The van der Waals surface area contributed by atoms with Crippen molar-refractivity contribution in [2.75, 3.05) is 31.2 Å². The molecule has 10 heteroatoms. The molecule has 1 amide bonds. The van der Waals surface area contributed by atoms with Gasteiger partial charge >= 0.3 is 0 Å². The average molecular weight is 497 g/mol. The molecule has 0 aliphatic carbocycles. The van der Waals surface area contributed by atoms with Crippen molar-refractivity contribution in [2.24, 2.45) is 5.92 Å². The van der Waals surface area contributed by atoms with Gasteiger partial charge < -0.3 is 20.5 Å². The van der Waals surface area contributed by atoms with Crippen LogP contribution in [0.15, 0.2) is 35.5 Å². The van der Waals surface area contributed by atoms with Gasteiger partial charge in [-0.3, -0.25) is 4.79 Å². The number of aryl methyl sites for hydroxylation is 1. The Labute approximate surface area is 205 Å². The molecule has 2 atom stereocenters. The molecule has 0 unspecified atom stereocenters. The Morgan fingerprint density at radius 2 is 2.06 bits per heavy atom. The summed E-state index contributed by atoms with van der Waals surface area (Å²) in [6.45, 7) is 5.97. The number of sulfone groups is 1. The third-order valence-corrected chi connectivity index (χ3v) is 8.88. The third kappa shape index (κ3) is 4.77. The standard InChI is InChI=1S/C25H32N6O3S/c1-15(2)22(17-7-6-16-5-4-10-35(33,34)21(16)11-17)30-24-19-12-20(29-23(19)26-14-27-24)25(32)28-18-8-9-31(3)13-18/h6-7,11-12,14-15,18,22H,4-5,8-10,13H2,1-3H3,(H,28,32)(H2,26,27,29,30)/t18-,22-/m0/s1. The summed E-state index contributed by atoms with van der Waals surface area (Å²) in [5, 5.41) is 7.31. The summed E-state index contributed by atoms with van der Waals surface area (Å²) in [5.74, 6) is 0.798. The van der Waals surface area contributed by atoms with Gasteiger partial charge in [-0.2, -0.15) is 0 Å². The number of amides is 1. The lowest BCUT2D eigenvalue weighted by molar-refractivity contribution is 0.0934. The third-order valence-electron chi connectivity index (χ3n) is 7.00. The molecule has 1 aromatic carbocycles. The number of aromatic amines is 1. The van der Waals surface area contributed by atoms with E-state index in [2.05, 4.69) is 44.3 Å². The van der Waals surface area contributed by atoms with Crippen LogP contribution in [0.25, 0.3) is 11.0 Å². The van der Waals surface area contributed by atoms with Gasteiger partial charge in [0.05, 0.1) is 22.1 Å². The van der Waals surface area contributed by atoms with E-state index in [-0.39, 0.29) is 29.7 Å². The number of carbonyl (C=O) groups is 1. The summed E-state index contributed by atoms with van der Waals surface area (Å²) in [4.78, 5) is 27.4. The summed E-state index contributed by atoms with van der Waals surface area (Å²) in [5.41, 5.74) is 2.81. The van der Waals surface area contributed by atoms with Gasteiger partial charge in [0.25, 0.3) is 5.91 Å². The zero-order chi connectivity index (χ0) is 24.7. The Balaban J connectivity index is 1.43. The molecule has 1 fully saturated rings. The Morgan fingerprint density at radius 1 is 1.23 bits per heavy atom. The fourth-order valence-corrected chi connectivity index (χ4v) is 6.73. The minimum atomic E-state index is -3.26. The second-order valence-corrected chi connectivity index (χ2v) is 12.1. The first-order valence-electron chi connectivity index (χ1n) is 12.2. The van der Waals surface area contributed by atoms with Crippen LogP contribution < -0.4 is 10.6 Å². The first kappa shape index (κ1) is 23.7. The number of carbonyl (C=O) groups excluding carboxylic acids is 1. The molecule has 3 aromatic rings. The van der Waals surface area contributed by atoms with Crippen molar-refractivity contribution >= 4 is 32.6 Å². The zero-order valence-corrected chi connectivity index (χ0v) is 21.2. The van der Waals surface area contributed by atoms with Gasteiger partial charge in [0, 0.05) is 12.6 Å². The van der Waals surface area contributed by atoms with Crippen LogP contribution in [0.5, 0.6) is 0 Å². The fraction of sp³-hybridized carbons (Fsp3) is 0.480. The maximum Gasteiger partial charge on any atom is 0.268 e. The number of nitrogens with one attached hydrogen (secondary N) is 3. The molecule has 2 aromatic heterocycles. The van der Waals surface area contributed by atoms with E-state index in [1.165, 1.54) is 6.33 Å². The van der Waals surface area contributed by atoms with Gasteiger partial charge in [0.1, 0.15) is 23.5 Å². The normalized spacial score (nSPS) is 20.6. The topological polar surface area (TPSA) is 120 Å². The highest BCUT2D eigenvalue weighted by molar-refractivity contribution is 7.91. The van der Waals surface area contributed by atoms with E-state index in [0.29, 0.717) is 28.5 Å². The van der Waals surface area contributed by atoms with Crippen molar-refractivity contribution in [2.45, 2.75) is 50.1 Å². The molecule has 0 saturated carbocycles. The summed E-state index contributed by atoms with van der Waals surface area (Å²) in [7, 11) is -1.21. The number of aromatic nitrogens is 3. The number of likely N-dealkylation sites (tertiary alicyclic amines) is 1. The summed E-state index contributed by atoms with van der Waals surface area (Å²) in [6, 6.07) is 7.50. The molecular weight excluding hydrogens is 464 g/mol. The highest BCUT2D eigenvalue weighted by atomic mass is 32.2. The minimum absolute atomic E-state index is 0.133. The van der Waals surface area contributed by atoms with Crippen molar-refractivity contribution in [1.82, 2.24) is 25.2 Å². The van der Waals surface area contributed by atoms with Gasteiger partial charge in [0.15, 0.2) is 9.84 Å². The van der Waals surface area contributed by atoms with Crippen molar-refractivity contribution < 1.29 is 13.2 Å². The molecule has 186 valence electrons. The van der Waals surface area contributed by atoms with Crippen molar-refractivity contribution in [3.8, 4) is 0 Å². The van der Waals surface area contributed by atoms with Gasteiger partial charge in [0.2, 0.25) is 0 Å². The van der Waals surface area contributed by atoms with Gasteiger partial charge in [-0.15, -0.1) is 0 Å². The molecule has 3 N–H and O–H groups in total. The quantitative estimate of drug-likeness (QED) is 0.480. The summed E-state index contributed by atoms with van der Waals surface area (Å²) < 4.78 is 25.3. The highest BCUT2D eigenvalue weighted by Crippen LogP contribution is 2.33. The lowest BCUT2D eigenvalue weighted by Gasteiger charge is -2.26. The number of hydrogen-bond acceptors (Lipinski definition) is 7. The van der Waals surface area contributed by atoms with Crippen LogP contribution in [0.4, 0.5) is 5.82 Å². The van der Waals surface area contributed by atoms with E-state index in [1.807, 2.05) is 25.2 Å². The first-order valence-corrected chi connectivity index (χ1v) is 13.8. The molecule has 5 rings (SSSR count). The van der Waals surface area contributed by atoms with Gasteiger partial charge in [-0.1, -0.05) is 26.0 Å². The first-order chi connectivity index (χ1) is 16.7. The molecule has 0 bridgehead atoms. The number of H-pyrrole nitrogens is 1. The maximum atomic E-state index is 12.9. The zero-order valence-electron chi connectivity index (χ0n) is 20.3. The predicted octanol–water partition coefficient (Wildman–Crippen LogP) is 2.92. The number of benzene rings is 1. The van der Waals surface area contributed by atoms with Crippen molar-refractivity contribution in [3.05, 3.63) is 47.4 Å². The van der Waals surface area contributed by atoms with Crippen LogP contribution in [0.2, 0.25) is 0 Å². The number of rotatable bonds is 6. The minimum Gasteiger partial charge on any atom is -0.362 e. The number of nitrogens with zero attached hydrogens (tertiary/aromatic N) is 3. The van der Waals surface area contributed by atoms with E-state index >= 15 is 0 Å². The number of likely N-dealkylation sites (N-methyl/N-ethyl adjacent to an activating group) is 1. The van der Waals surface area contributed by atoms with E-state index in [0.717, 1.165) is 42.4 Å². The van der Waals surface area contributed by atoms with E-state index in [1.54, 1.807) is 6.07 Å². The molecule has 1 saturated heterocycles. The second kappa shape index (κ2) is 9.23. The molecule has 35 heavy (non-hydrogen) atoms. The van der Waals surface area contributed by atoms with E-state index in [9.17, 15) is 13.2 Å². The molecule has 4 heterocycles. The second-order valence-electron chi connectivity index (χ2n) is 10.0. The molecule has 0 spiro atoms.